The second kappa shape index (κ2) is 7.27. The maximum atomic E-state index is 12.2. The van der Waals surface area contributed by atoms with Gasteiger partial charge in [-0.3, -0.25) is 9.59 Å². The molecular formula is C17H17N5O2S. The molecule has 0 radical (unpaired) electrons. The predicted octanol–water partition coefficient (Wildman–Crippen LogP) is 3.01. The van der Waals surface area contributed by atoms with E-state index >= 15 is 0 Å². The minimum absolute atomic E-state index is 0.0956. The highest BCUT2D eigenvalue weighted by Crippen LogP contribution is 2.24. The summed E-state index contributed by atoms with van der Waals surface area (Å²) in [6, 6.07) is 11.0. The standard InChI is InChI=1S/C17H17N5O2S/c1-10-12(5-3-6-13(10)19-11(2)23)18-9-16(24)20-14-7-4-8-15-17(14)22-25-21-15/h3-8,18H,9H2,1-2H3,(H,19,23)(H,20,24). The van der Waals surface area contributed by atoms with Gasteiger partial charge in [0.2, 0.25) is 11.8 Å². The summed E-state index contributed by atoms with van der Waals surface area (Å²) < 4.78 is 8.35. The molecule has 2 aromatic carbocycles. The van der Waals surface area contributed by atoms with Crippen LogP contribution in [0.15, 0.2) is 36.4 Å². The van der Waals surface area contributed by atoms with Crippen LogP contribution in [-0.4, -0.2) is 27.1 Å². The van der Waals surface area contributed by atoms with Crippen LogP contribution in [-0.2, 0) is 9.59 Å². The lowest BCUT2D eigenvalue weighted by atomic mass is 10.1. The van der Waals surface area contributed by atoms with Crippen molar-refractivity contribution in [2.24, 2.45) is 0 Å². The summed E-state index contributed by atoms with van der Waals surface area (Å²) in [6.07, 6.45) is 0. The lowest BCUT2D eigenvalue weighted by molar-refractivity contribution is -0.115. The molecule has 0 bridgehead atoms. The third kappa shape index (κ3) is 3.92. The van der Waals surface area contributed by atoms with Crippen molar-refractivity contribution in [1.29, 1.82) is 0 Å². The number of fused-ring (bicyclic) bond motifs is 1. The van der Waals surface area contributed by atoms with Gasteiger partial charge in [-0.15, -0.1) is 0 Å². The van der Waals surface area contributed by atoms with E-state index in [0.29, 0.717) is 11.2 Å². The molecule has 3 aromatic rings. The average molecular weight is 355 g/mol. The number of nitrogens with zero attached hydrogens (tertiary/aromatic N) is 2. The summed E-state index contributed by atoms with van der Waals surface area (Å²) in [5.74, 6) is -0.326. The number of anilines is 3. The number of hydrogen-bond donors (Lipinski definition) is 3. The fourth-order valence-electron chi connectivity index (χ4n) is 2.43. The SMILES string of the molecule is CC(=O)Nc1cccc(NCC(=O)Nc2cccc3nsnc23)c1C. The maximum absolute atomic E-state index is 12.2. The molecule has 0 spiro atoms. The Morgan fingerprint density at radius 3 is 2.52 bits per heavy atom. The van der Waals surface area contributed by atoms with Gasteiger partial charge in [0.05, 0.1) is 24.0 Å². The van der Waals surface area contributed by atoms with Crippen molar-refractivity contribution in [1.82, 2.24) is 8.75 Å². The number of aromatic nitrogens is 2. The van der Waals surface area contributed by atoms with Crippen molar-refractivity contribution < 1.29 is 9.59 Å². The normalized spacial score (nSPS) is 10.5. The van der Waals surface area contributed by atoms with Crippen molar-refractivity contribution in [2.75, 3.05) is 22.5 Å². The molecule has 0 unspecified atom stereocenters. The molecule has 0 atom stereocenters. The van der Waals surface area contributed by atoms with Gasteiger partial charge in [-0.05, 0) is 36.8 Å². The van der Waals surface area contributed by atoms with E-state index in [0.717, 1.165) is 34.2 Å². The topological polar surface area (TPSA) is 96.0 Å². The monoisotopic (exact) mass is 355 g/mol. The summed E-state index contributed by atoms with van der Waals surface area (Å²) in [5, 5.41) is 8.70. The lowest BCUT2D eigenvalue weighted by Gasteiger charge is -2.13. The molecule has 2 amide bonds. The summed E-state index contributed by atoms with van der Waals surface area (Å²) in [4.78, 5) is 23.5. The summed E-state index contributed by atoms with van der Waals surface area (Å²) >= 11 is 1.11. The number of rotatable bonds is 5. The van der Waals surface area contributed by atoms with Gasteiger partial charge in [-0.25, -0.2) is 0 Å². The van der Waals surface area contributed by atoms with E-state index in [2.05, 4.69) is 24.7 Å². The minimum Gasteiger partial charge on any atom is -0.376 e. The van der Waals surface area contributed by atoms with E-state index in [1.54, 1.807) is 6.07 Å². The van der Waals surface area contributed by atoms with E-state index < -0.39 is 0 Å². The molecule has 0 saturated carbocycles. The van der Waals surface area contributed by atoms with Gasteiger partial charge in [0.15, 0.2) is 0 Å². The molecule has 0 aliphatic rings. The van der Waals surface area contributed by atoms with Crippen molar-refractivity contribution >= 4 is 51.6 Å². The largest absolute Gasteiger partial charge is 0.376 e. The predicted molar refractivity (Wildman–Crippen MR) is 100 cm³/mol. The molecule has 1 heterocycles. The van der Waals surface area contributed by atoms with E-state index in [9.17, 15) is 9.59 Å². The molecular weight excluding hydrogens is 338 g/mol. The smallest absolute Gasteiger partial charge is 0.243 e. The fourth-order valence-corrected chi connectivity index (χ4v) is 2.98. The van der Waals surface area contributed by atoms with E-state index in [1.807, 2.05) is 37.3 Å². The van der Waals surface area contributed by atoms with Crippen LogP contribution < -0.4 is 16.0 Å². The Morgan fingerprint density at radius 2 is 1.72 bits per heavy atom. The van der Waals surface area contributed by atoms with Crippen LogP contribution in [0.5, 0.6) is 0 Å². The fraction of sp³-hybridized carbons (Fsp3) is 0.176. The van der Waals surface area contributed by atoms with Crippen molar-refractivity contribution in [3.8, 4) is 0 Å². The Kier molecular flexibility index (Phi) is 4.90. The zero-order valence-electron chi connectivity index (χ0n) is 13.8. The summed E-state index contributed by atoms with van der Waals surface area (Å²) in [7, 11) is 0. The number of carbonyl (C=O) groups excluding carboxylic acids is 2. The maximum Gasteiger partial charge on any atom is 0.243 e. The highest BCUT2D eigenvalue weighted by molar-refractivity contribution is 7.00. The second-order valence-electron chi connectivity index (χ2n) is 5.50. The number of hydrogen-bond acceptors (Lipinski definition) is 6. The molecule has 3 rings (SSSR count). The van der Waals surface area contributed by atoms with Crippen LogP contribution >= 0.6 is 11.7 Å². The molecule has 0 fully saturated rings. The quantitative estimate of drug-likeness (QED) is 0.654. The van der Waals surface area contributed by atoms with Crippen LogP contribution in [0.3, 0.4) is 0 Å². The molecule has 3 N–H and O–H groups in total. The first-order valence-electron chi connectivity index (χ1n) is 7.67. The number of nitrogens with one attached hydrogen (secondary N) is 3. The Balaban J connectivity index is 1.67. The molecule has 25 heavy (non-hydrogen) atoms. The second-order valence-corrected chi connectivity index (χ2v) is 6.03. The summed E-state index contributed by atoms with van der Waals surface area (Å²) in [5.41, 5.74) is 4.46. The first kappa shape index (κ1) is 16.8. The van der Waals surface area contributed by atoms with Gasteiger partial charge in [0, 0.05) is 18.3 Å². The van der Waals surface area contributed by atoms with Gasteiger partial charge in [-0.1, -0.05) is 12.1 Å². The number of carbonyl (C=O) groups is 2. The molecule has 0 aliphatic heterocycles. The zero-order chi connectivity index (χ0) is 17.8. The van der Waals surface area contributed by atoms with Gasteiger partial charge < -0.3 is 16.0 Å². The van der Waals surface area contributed by atoms with Crippen molar-refractivity contribution in [3.05, 3.63) is 42.0 Å². The van der Waals surface area contributed by atoms with Crippen LogP contribution in [0.1, 0.15) is 12.5 Å². The van der Waals surface area contributed by atoms with Gasteiger partial charge in [0.1, 0.15) is 11.0 Å². The molecule has 0 aliphatic carbocycles. The average Bonchev–Trinajstić information content (AvgIpc) is 3.05. The van der Waals surface area contributed by atoms with Crippen LogP contribution in [0, 0.1) is 6.92 Å². The summed E-state index contributed by atoms with van der Waals surface area (Å²) in [6.45, 7) is 3.44. The number of amides is 2. The van der Waals surface area contributed by atoms with E-state index in [4.69, 9.17) is 0 Å². The molecule has 0 saturated heterocycles. The van der Waals surface area contributed by atoms with Crippen LogP contribution in [0.2, 0.25) is 0 Å². The van der Waals surface area contributed by atoms with Crippen LogP contribution in [0.25, 0.3) is 11.0 Å². The molecule has 8 heteroatoms. The number of benzene rings is 2. The van der Waals surface area contributed by atoms with E-state index in [1.165, 1.54) is 6.92 Å². The lowest BCUT2D eigenvalue weighted by Crippen LogP contribution is -2.22. The van der Waals surface area contributed by atoms with E-state index in [-0.39, 0.29) is 18.4 Å². The van der Waals surface area contributed by atoms with Gasteiger partial charge in [0.25, 0.3) is 0 Å². The Hall–Kier alpha value is -3.00. The van der Waals surface area contributed by atoms with Crippen molar-refractivity contribution in [2.45, 2.75) is 13.8 Å². The Morgan fingerprint density at radius 1 is 1.00 bits per heavy atom. The van der Waals surface area contributed by atoms with Gasteiger partial charge in [-0.2, -0.15) is 8.75 Å². The zero-order valence-corrected chi connectivity index (χ0v) is 14.6. The highest BCUT2D eigenvalue weighted by atomic mass is 32.1. The van der Waals surface area contributed by atoms with Crippen molar-refractivity contribution in [3.63, 3.8) is 0 Å². The Labute approximate surface area is 148 Å². The molecule has 1 aromatic heterocycles. The highest BCUT2D eigenvalue weighted by Gasteiger charge is 2.10. The van der Waals surface area contributed by atoms with Crippen LogP contribution in [0.4, 0.5) is 17.1 Å². The van der Waals surface area contributed by atoms with Gasteiger partial charge >= 0.3 is 0 Å². The first-order valence-corrected chi connectivity index (χ1v) is 8.40. The Bertz CT molecular complexity index is 938. The third-order valence-corrected chi connectivity index (χ3v) is 4.19. The molecule has 7 nitrogen and oxygen atoms in total. The third-order valence-electron chi connectivity index (χ3n) is 3.64. The first-order chi connectivity index (χ1) is 12.0. The molecule has 128 valence electrons. The minimum atomic E-state index is -0.190.